The van der Waals surface area contributed by atoms with Crippen LogP contribution in [0.2, 0.25) is 10.0 Å². The van der Waals surface area contributed by atoms with E-state index in [1.54, 1.807) is 25.1 Å². The van der Waals surface area contributed by atoms with Crippen molar-refractivity contribution in [3.8, 4) is 5.75 Å². The van der Waals surface area contributed by atoms with Crippen LogP contribution >= 0.6 is 23.2 Å². The molecular formula is C25H32Cl2N2O3. The summed E-state index contributed by atoms with van der Waals surface area (Å²) in [7, 11) is 0. The summed E-state index contributed by atoms with van der Waals surface area (Å²) in [6.45, 7) is 9.64. The van der Waals surface area contributed by atoms with E-state index in [0.29, 0.717) is 21.4 Å². The maximum absolute atomic E-state index is 13.3. The van der Waals surface area contributed by atoms with Crippen LogP contribution in [0.25, 0.3) is 0 Å². The molecule has 7 heteroatoms. The zero-order valence-electron chi connectivity index (χ0n) is 19.3. The highest BCUT2D eigenvalue weighted by atomic mass is 35.5. The van der Waals surface area contributed by atoms with Crippen molar-refractivity contribution < 1.29 is 14.3 Å². The van der Waals surface area contributed by atoms with Crippen molar-refractivity contribution in [3.63, 3.8) is 0 Å². The molecule has 0 saturated carbocycles. The van der Waals surface area contributed by atoms with Gasteiger partial charge in [0.05, 0.1) is 0 Å². The van der Waals surface area contributed by atoms with Gasteiger partial charge in [0.1, 0.15) is 11.8 Å². The van der Waals surface area contributed by atoms with Crippen LogP contribution in [0.1, 0.15) is 58.1 Å². The zero-order valence-corrected chi connectivity index (χ0v) is 20.8. The second-order valence-corrected chi connectivity index (χ2v) is 9.01. The third-order valence-corrected chi connectivity index (χ3v) is 6.16. The largest absolute Gasteiger partial charge is 0.483 e. The summed E-state index contributed by atoms with van der Waals surface area (Å²) >= 11 is 12.7. The lowest BCUT2D eigenvalue weighted by atomic mass is 10.0. The number of ether oxygens (including phenoxy) is 1. The number of para-hydroxylation sites is 1. The molecular weight excluding hydrogens is 447 g/mol. The Labute approximate surface area is 201 Å². The summed E-state index contributed by atoms with van der Waals surface area (Å²) in [5.74, 6) is 0.340. The SMILES string of the molecule is CCC(C)NC(=O)C(C)N(Cc1c(Cl)cccc1Cl)C(=O)COc1ccccc1C(C)C. The van der Waals surface area contributed by atoms with Gasteiger partial charge in [-0.1, -0.05) is 68.2 Å². The predicted octanol–water partition coefficient (Wildman–Crippen LogP) is 5.83. The minimum absolute atomic E-state index is 0.0000259. The first-order valence-electron chi connectivity index (χ1n) is 10.9. The third-order valence-electron chi connectivity index (χ3n) is 5.45. The molecule has 0 bridgehead atoms. The van der Waals surface area contributed by atoms with Gasteiger partial charge in [0.2, 0.25) is 5.91 Å². The first-order valence-corrected chi connectivity index (χ1v) is 11.7. The molecule has 32 heavy (non-hydrogen) atoms. The number of nitrogens with zero attached hydrogens (tertiary/aromatic N) is 1. The monoisotopic (exact) mass is 478 g/mol. The van der Waals surface area contributed by atoms with Crippen molar-refractivity contribution in [2.75, 3.05) is 6.61 Å². The fourth-order valence-electron chi connectivity index (χ4n) is 3.21. The summed E-state index contributed by atoms with van der Waals surface area (Å²) in [5, 5.41) is 3.82. The van der Waals surface area contributed by atoms with E-state index in [1.165, 1.54) is 4.90 Å². The van der Waals surface area contributed by atoms with E-state index < -0.39 is 6.04 Å². The van der Waals surface area contributed by atoms with E-state index in [9.17, 15) is 9.59 Å². The number of hydrogen-bond acceptors (Lipinski definition) is 3. The van der Waals surface area contributed by atoms with Crippen molar-refractivity contribution in [2.45, 2.75) is 65.6 Å². The minimum Gasteiger partial charge on any atom is -0.483 e. The molecule has 2 amide bonds. The van der Waals surface area contributed by atoms with Crippen molar-refractivity contribution in [1.82, 2.24) is 10.2 Å². The van der Waals surface area contributed by atoms with Crippen LogP contribution < -0.4 is 10.1 Å². The number of carbonyl (C=O) groups excluding carboxylic acids is 2. The smallest absolute Gasteiger partial charge is 0.261 e. The van der Waals surface area contributed by atoms with Crippen LogP contribution in [0.3, 0.4) is 0 Å². The van der Waals surface area contributed by atoms with Gasteiger partial charge in [-0.25, -0.2) is 0 Å². The van der Waals surface area contributed by atoms with Gasteiger partial charge in [-0.2, -0.15) is 0 Å². The number of rotatable bonds is 10. The Morgan fingerprint density at radius 3 is 2.22 bits per heavy atom. The van der Waals surface area contributed by atoms with Gasteiger partial charge in [0.15, 0.2) is 6.61 Å². The topological polar surface area (TPSA) is 58.6 Å². The molecule has 0 radical (unpaired) electrons. The van der Waals surface area contributed by atoms with Gasteiger partial charge in [-0.05, 0) is 49.9 Å². The predicted molar refractivity (Wildman–Crippen MR) is 130 cm³/mol. The molecule has 0 aliphatic heterocycles. The molecule has 0 fully saturated rings. The number of amides is 2. The van der Waals surface area contributed by atoms with Crippen molar-refractivity contribution in [3.05, 3.63) is 63.6 Å². The molecule has 2 aromatic carbocycles. The first kappa shape index (κ1) is 26.0. The van der Waals surface area contributed by atoms with Crippen LogP contribution in [-0.4, -0.2) is 35.4 Å². The molecule has 2 rings (SSSR count). The van der Waals surface area contributed by atoms with Crippen molar-refractivity contribution in [2.24, 2.45) is 0 Å². The lowest BCUT2D eigenvalue weighted by molar-refractivity contribution is -0.142. The molecule has 2 atom stereocenters. The van der Waals surface area contributed by atoms with Crippen LogP contribution in [-0.2, 0) is 16.1 Å². The average Bonchev–Trinajstić information content (AvgIpc) is 2.76. The van der Waals surface area contributed by atoms with Gasteiger partial charge in [-0.3, -0.25) is 9.59 Å². The lowest BCUT2D eigenvalue weighted by Crippen LogP contribution is -2.50. The Kier molecular flexibility index (Phi) is 9.85. The highest BCUT2D eigenvalue weighted by Gasteiger charge is 2.28. The van der Waals surface area contributed by atoms with Gasteiger partial charge in [-0.15, -0.1) is 0 Å². The van der Waals surface area contributed by atoms with Gasteiger partial charge < -0.3 is 15.0 Å². The summed E-state index contributed by atoms with van der Waals surface area (Å²) in [5.41, 5.74) is 1.61. The highest BCUT2D eigenvalue weighted by molar-refractivity contribution is 6.36. The Balaban J connectivity index is 2.27. The number of hydrogen-bond donors (Lipinski definition) is 1. The fourth-order valence-corrected chi connectivity index (χ4v) is 3.73. The Morgan fingerprint density at radius 1 is 1.00 bits per heavy atom. The van der Waals surface area contributed by atoms with Crippen LogP contribution in [0.15, 0.2) is 42.5 Å². The number of benzene rings is 2. The molecule has 0 heterocycles. The molecule has 1 N–H and O–H groups in total. The average molecular weight is 479 g/mol. The zero-order chi connectivity index (χ0) is 23.8. The second-order valence-electron chi connectivity index (χ2n) is 8.20. The van der Waals surface area contributed by atoms with E-state index in [0.717, 1.165) is 12.0 Å². The number of carbonyl (C=O) groups is 2. The molecule has 0 saturated heterocycles. The van der Waals surface area contributed by atoms with Gasteiger partial charge in [0.25, 0.3) is 5.91 Å². The molecule has 2 unspecified atom stereocenters. The van der Waals surface area contributed by atoms with Crippen molar-refractivity contribution in [1.29, 1.82) is 0 Å². The first-order chi connectivity index (χ1) is 15.1. The molecule has 0 aliphatic rings. The van der Waals surface area contributed by atoms with Crippen molar-refractivity contribution >= 4 is 35.0 Å². The normalized spacial score (nSPS) is 12.9. The van der Waals surface area contributed by atoms with Gasteiger partial charge >= 0.3 is 0 Å². The van der Waals surface area contributed by atoms with Crippen LogP contribution in [0.5, 0.6) is 5.75 Å². The summed E-state index contributed by atoms with van der Waals surface area (Å²) < 4.78 is 5.88. The summed E-state index contributed by atoms with van der Waals surface area (Å²) in [6, 6.07) is 12.1. The molecule has 2 aromatic rings. The third kappa shape index (κ3) is 6.88. The standard InChI is InChI=1S/C25H32Cl2N2O3/c1-6-17(4)28-25(31)18(5)29(14-20-21(26)11-9-12-22(20)27)24(30)15-32-23-13-8-7-10-19(23)16(2)3/h7-13,16-18H,6,14-15H2,1-5H3,(H,28,31). The maximum Gasteiger partial charge on any atom is 0.261 e. The Hall–Kier alpha value is -2.24. The van der Waals surface area contributed by atoms with E-state index >= 15 is 0 Å². The lowest BCUT2D eigenvalue weighted by Gasteiger charge is -2.30. The molecule has 0 aliphatic carbocycles. The second kappa shape index (κ2) is 12.1. The number of nitrogens with one attached hydrogen (secondary N) is 1. The minimum atomic E-state index is -0.729. The van der Waals surface area contributed by atoms with E-state index in [1.807, 2.05) is 38.1 Å². The van der Waals surface area contributed by atoms with E-state index in [2.05, 4.69) is 19.2 Å². The molecule has 174 valence electrons. The summed E-state index contributed by atoms with van der Waals surface area (Å²) in [6.07, 6.45) is 0.790. The number of halogens is 2. The molecule has 0 aromatic heterocycles. The van der Waals surface area contributed by atoms with Crippen LogP contribution in [0, 0.1) is 0 Å². The van der Waals surface area contributed by atoms with Crippen LogP contribution in [0.4, 0.5) is 0 Å². The highest BCUT2D eigenvalue weighted by Crippen LogP contribution is 2.28. The van der Waals surface area contributed by atoms with E-state index in [-0.39, 0.29) is 36.9 Å². The quantitative estimate of drug-likeness (QED) is 0.467. The molecule has 5 nitrogen and oxygen atoms in total. The summed E-state index contributed by atoms with van der Waals surface area (Å²) in [4.78, 5) is 27.5. The van der Waals surface area contributed by atoms with E-state index in [4.69, 9.17) is 27.9 Å². The molecule has 0 spiro atoms. The Bertz CT molecular complexity index is 913. The van der Waals surface area contributed by atoms with Gasteiger partial charge in [0, 0.05) is 28.2 Å². The Morgan fingerprint density at radius 2 is 1.62 bits per heavy atom. The maximum atomic E-state index is 13.3. The fraction of sp³-hybridized carbons (Fsp3) is 0.440.